The van der Waals surface area contributed by atoms with Crippen LogP contribution >= 0.6 is 0 Å². The summed E-state index contributed by atoms with van der Waals surface area (Å²) in [6.45, 7) is 6.59. The molecular weight excluding hydrogens is 292 g/mol. The molecule has 3 atom stereocenters. The lowest BCUT2D eigenvalue weighted by Crippen LogP contribution is -2.48. The molecule has 1 unspecified atom stereocenters. The van der Waals surface area contributed by atoms with Crippen LogP contribution in [0.1, 0.15) is 45.4 Å². The van der Waals surface area contributed by atoms with E-state index in [0.717, 1.165) is 71.4 Å². The van der Waals surface area contributed by atoms with Crippen LogP contribution in [0.2, 0.25) is 0 Å². The number of hydrogen-bond donors (Lipinski definition) is 0. The lowest BCUT2D eigenvalue weighted by Gasteiger charge is -2.39. The predicted octanol–water partition coefficient (Wildman–Crippen LogP) is 1.90. The Morgan fingerprint density at radius 2 is 1.96 bits per heavy atom. The molecule has 1 amide bonds. The van der Waals surface area contributed by atoms with Gasteiger partial charge >= 0.3 is 0 Å². The van der Waals surface area contributed by atoms with Crippen LogP contribution in [0.15, 0.2) is 0 Å². The standard InChI is InChI=1S/C18H32N2O3/c1-14-12-15(5-8-19(14)2)18(21)20-9-6-16(7-10-20)23-13-17-4-3-11-22-17/h14-17H,3-13H2,1-2H3/t14-,15-,17?/m1/s1. The maximum atomic E-state index is 12.7. The average Bonchev–Trinajstić information content (AvgIpc) is 3.09. The summed E-state index contributed by atoms with van der Waals surface area (Å²) in [6, 6.07) is 0.519. The molecule has 0 aliphatic carbocycles. The van der Waals surface area contributed by atoms with E-state index in [1.807, 2.05) is 0 Å². The number of carbonyl (C=O) groups excluding carboxylic acids is 1. The van der Waals surface area contributed by atoms with Crippen LogP contribution in [0.25, 0.3) is 0 Å². The quantitative estimate of drug-likeness (QED) is 0.792. The fourth-order valence-corrected chi connectivity index (χ4v) is 4.03. The van der Waals surface area contributed by atoms with Crippen molar-refractivity contribution < 1.29 is 14.3 Å². The highest BCUT2D eigenvalue weighted by molar-refractivity contribution is 5.79. The van der Waals surface area contributed by atoms with E-state index in [1.54, 1.807) is 0 Å². The lowest BCUT2D eigenvalue weighted by atomic mass is 9.90. The van der Waals surface area contributed by atoms with Crippen LogP contribution in [0.4, 0.5) is 0 Å². The van der Waals surface area contributed by atoms with Gasteiger partial charge in [0, 0.05) is 31.7 Å². The van der Waals surface area contributed by atoms with Crippen LogP contribution in [0, 0.1) is 5.92 Å². The molecule has 5 nitrogen and oxygen atoms in total. The Balaban J connectivity index is 1.38. The number of rotatable bonds is 4. The van der Waals surface area contributed by atoms with Gasteiger partial charge in [-0.1, -0.05) is 0 Å². The molecule has 3 aliphatic heterocycles. The second-order valence-electron chi connectivity index (χ2n) is 7.54. The van der Waals surface area contributed by atoms with Gasteiger partial charge in [-0.2, -0.15) is 0 Å². The van der Waals surface area contributed by atoms with E-state index in [-0.39, 0.29) is 5.92 Å². The number of likely N-dealkylation sites (tertiary alicyclic amines) is 2. The fraction of sp³-hybridized carbons (Fsp3) is 0.944. The zero-order valence-electron chi connectivity index (χ0n) is 14.7. The molecule has 0 aromatic heterocycles. The van der Waals surface area contributed by atoms with Crippen molar-refractivity contribution in [1.82, 2.24) is 9.80 Å². The minimum absolute atomic E-state index is 0.227. The first kappa shape index (κ1) is 17.2. The molecule has 0 aromatic carbocycles. The van der Waals surface area contributed by atoms with Crippen molar-refractivity contribution in [3.63, 3.8) is 0 Å². The molecule has 0 N–H and O–H groups in total. The first-order valence-electron chi connectivity index (χ1n) is 9.35. The predicted molar refractivity (Wildman–Crippen MR) is 89.3 cm³/mol. The topological polar surface area (TPSA) is 42.0 Å². The molecule has 0 radical (unpaired) electrons. The number of hydrogen-bond acceptors (Lipinski definition) is 4. The molecule has 5 heteroatoms. The smallest absolute Gasteiger partial charge is 0.225 e. The number of ether oxygens (including phenoxy) is 2. The van der Waals surface area contributed by atoms with Gasteiger partial charge in [0.05, 0.1) is 18.8 Å². The maximum absolute atomic E-state index is 12.7. The minimum atomic E-state index is 0.227. The summed E-state index contributed by atoms with van der Waals surface area (Å²) >= 11 is 0. The number of amides is 1. The largest absolute Gasteiger partial charge is 0.376 e. The van der Waals surface area contributed by atoms with E-state index in [2.05, 4.69) is 23.8 Å². The van der Waals surface area contributed by atoms with E-state index in [9.17, 15) is 4.79 Å². The highest BCUT2D eigenvalue weighted by Crippen LogP contribution is 2.25. The van der Waals surface area contributed by atoms with Crippen molar-refractivity contribution in [2.24, 2.45) is 5.92 Å². The van der Waals surface area contributed by atoms with E-state index < -0.39 is 0 Å². The highest BCUT2D eigenvalue weighted by Gasteiger charge is 2.33. The van der Waals surface area contributed by atoms with Gasteiger partial charge in [0.2, 0.25) is 5.91 Å². The van der Waals surface area contributed by atoms with E-state index in [0.29, 0.717) is 24.2 Å². The van der Waals surface area contributed by atoms with Crippen LogP contribution in [-0.2, 0) is 14.3 Å². The summed E-state index contributed by atoms with van der Waals surface area (Å²) in [5, 5.41) is 0. The molecule has 0 saturated carbocycles. The van der Waals surface area contributed by atoms with Gasteiger partial charge in [0.15, 0.2) is 0 Å². The molecular formula is C18H32N2O3. The Morgan fingerprint density at radius 3 is 2.61 bits per heavy atom. The Morgan fingerprint density at radius 1 is 1.17 bits per heavy atom. The van der Waals surface area contributed by atoms with Crippen molar-refractivity contribution in [2.45, 2.75) is 63.7 Å². The summed E-state index contributed by atoms with van der Waals surface area (Å²) in [5.41, 5.74) is 0. The molecule has 3 fully saturated rings. The third-order valence-electron chi connectivity index (χ3n) is 5.85. The van der Waals surface area contributed by atoms with Gasteiger partial charge < -0.3 is 19.3 Å². The first-order chi connectivity index (χ1) is 11.1. The lowest BCUT2D eigenvalue weighted by molar-refractivity contribution is -0.140. The molecule has 3 aliphatic rings. The minimum Gasteiger partial charge on any atom is -0.376 e. The maximum Gasteiger partial charge on any atom is 0.225 e. The number of piperidine rings is 2. The van der Waals surface area contributed by atoms with Crippen LogP contribution in [0.5, 0.6) is 0 Å². The molecule has 3 rings (SSSR count). The van der Waals surface area contributed by atoms with Crippen LogP contribution < -0.4 is 0 Å². The van der Waals surface area contributed by atoms with E-state index >= 15 is 0 Å². The Hall–Kier alpha value is -0.650. The third kappa shape index (κ3) is 4.46. The monoisotopic (exact) mass is 324 g/mol. The highest BCUT2D eigenvalue weighted by atomic mass is 16.5. The SMILES string of the molecule is C[C@@H]1C[C@H](C(=O)N2CCC(OCC3CCCO3)CC2)CCN1C. The van der Waals surface area contributed by atoms with E-state index in [4.69, 9.17) is 9.47 Å². The molecule has 3 heterocycles. The fourth-order valence-electron chi connectivity index (χ4n) is 4.03. The molecule has 0 bridgehead atoms. The van der Waals surface area contributed by atoms with Crippen molar-refractivity contribution in [2.75, 3.05) is 39.9 Å². The molecule has 0 spiro atoms. The van der Waals surface area contributed by atoms with Gasteiger partial charge in [0.25, 0.3) is 0 Å². The van der Waals surface area contributed by atoms with Gasteiger partial charge in [-0.3, -0.25) is 4.79 Å². The van der Waals surface area contributed by atoms with Crippen molar-refractivity contribution in [1.29, 1.82) is 0 Å². The zero-order chi connectivity index (χ0) is 16.2. The summed E-state index contributed by atoms with van der Waals surface area (Å²) in [7, 11) is 2.16. The number of nitrogens with zero attached hydrogens (tertiary/aromatic N) is 2. The average molecular weight is 324 g/mol. The molecule has 3 saturated heterocycles. The molecule has 0 aromatic rings. The second-order valence-corrected chi connectivity index (χ2v) is 7.54. The number of carbonyl (C=O) groups is 1. The molecule has 132 valence electrons. The Labute approximate surface area is 140 Å². The van der Waals surface area contributed by atoms with Gasteiger partial charge in [0.1, 0.15) is 0 Å². The molecule has 23 heavy (non-hydrogen) atoms. The van der Waals surface area contributed by atoms with Crippen molar-refractivity contribution in [3.8, 4) is 0 Å². The summed E-state index contributed by atoms with van der Waals surface area (Å²) in [6.07, 6.45) is 6.86. The first-order valence-corrected chi connectivity index (χ1v) is 9.35. The van der Waals surface area contributed by atoms with Crippen LogP contribution in [-0.4, -0.2) is 73.9 Å². The Kier molecular flexibility index (Phi) is 5.94. The van der Waals surface area contributed by atoms with Crippen LogP contribution in [0.3, 0.4) is 0 Å². The zero-order valence-corrected chi connectivity index (χ0v) is 14.7. The summed E-state index contributed by atoms with van der Waals surface area (Å²) < 4.78 is 11.6. The second kappa shape index (κ2) is 7.95. The Bertz CT molecular complexity index is 390. The van der Waals surface area contributed by atoms with E-state index in [1.165, 1.54) is 0 Å². The summed E-state index contributed by atoms with van der Waals surface area (Å²) in [5.74, 6) is 0.605. The van der Waals surface area contributed by atoms with Crippen molar-refractivity contribution >= 4 is 5.91 Å². The summed E-state index contributed by atoms with van der Waals surface area (Å²) in [4.78, 5) is 17.2. The normalized spacial score (nSPS) is 34.0. The van der Waals surface area contributed by atoms with Gasteiger partial charge in [-0.15, -0.1) is 0 Å². The van der Waals surface area contributed by atoms with Crippen molar-refractivity contribution in [3.05, 3.63) is 0 Å². The van der Waals surface area contributed by atoms with Gasteiger partial charge in [-0.25, -0.2) is 0 Å². The van der Waals surface area contributed by atoms with Gasteiger partial charge in [-0.05, 0) is 59.0 Å². The third-order valence-corrected chi connectivity index (χ3v) is 5.85.